The van der Waals surface area contributed by atoms with Crippen molar-refractivity contribution in [1.29, 1.82) is 0 Å². The second-order valence-corrected chi connectivity index (χ2v) is 4.89. The zero-order valence-corrected chi connectivity index (χ0v) is 11.3. The molecule has 0 heterocycles. The third kappa shape index (κ3) is 4.51. The molecular formula is C11H13BrClNO2. The summed E-state index contributed by atoms with van der Waals surface area (Å²) in [5, 5.41) is 9.23. The minimum absolute atomic E-state index is 0.154. The molecule has 0 amide bonds. The molecule has 0 saturated carbocycles. The Labute approximate surface area is 108 Å². The Kier molecular flexibility index (Phi) is 5.25. The first-order valence-corrected chi connectivity index (χ1v) is 6.00. The van der Waals surface area contributed by atoms with Crippen LogP contribution in [0.15, 0.2) is 22.7 Å². The van der Waals surface area contributed by atoms with Gasteiger partial charge in [0, 0.05) is 17.6 Å². The number of carboxylic acids is 1. The van der Waals surface area contributed by atoms with Crippen LogP contribution in [0.4, 0.5) is 0 Å². The third-order valence-electron chi connectivity index (χ3n) is 2.14. The molecule has 0 fully saturated rings. The minimum Gasteiger partial charge on any atom is -0.481 e. The fourth-order valence-corrected chi connectivity index (χ4v) is 1.76. The first-order valence-electron chi connectivity index (χ1n) is 4.83. The summed E-state index contributed by atoms with van der Waals surface area (Å²) in [5.74, 6) is -0.777. The van der Waals surface area contributed by atoms with Gasteiger partial charge in [-0.2, -0.15) is 0 Å². The molecule has 1 N–H and O–H groups in total. The van der Waals surface area contributed by atoms with E-state index in [9.17, 15) is 4.79 Å². The lowest BCUT2D eigenvalue weighted by Gasteiger charge is -2.15. The number of benzene rings is 1. The number of carbonyl (C=O) groups is 1. The third-order valence-corrected chi connectivity index (χ3v) is 3.38. The lowest BCUT2D eigenvalue weighted by molar-refractivity contribution is -0.137. The molecule has 0 aliphatic rings. The SMILES string of the molecule is CN(CCC(=O)O)Cc1ccc(Br)c(Cl)c1. The van der Waals surface area contributed by atoms with Gasteiger partial charge in [-0.1, -0.05) is 17.7 Å². The highest BCUT2D eigenvalue weighted by Crippen LogP contribution is 2.23. The molecule has 1 aromatic carbocycles. The van der Waals surface area contributed by atoms with Gasteiger partial charge in [-0.15, -0.1) is 0 Å². The van der Waals surface area contributed by atoms with E-state index in [1.165, 1.54) is 0 Å². The van der Waals surface area contributed by atoms with E-state index >= 15 is 0 Å². The van der Waals surface area contributed by atoms with Crippen molar-refractivity contribution in [1.82, 2.24) is 4.90 Å². The Balaban J connectivity index is 2.52. The topological polar surface area (TPSA) is 40.5 Å². The maximum Gasteiger partial charge on any atom is 0.304 e. The predicted octanol–water partition coefficient (Wildman–Crippen LogP) is 3.01. The largest absolute Gasteiger partial charge is 0.481 e. The van der Waals surface area contributed by atoms with E-state index in [1.807, 2.05) is 30.1 Å². The molecule has 16 heavy (non-hydrogen) atoms. The first-order chi connectivity index (χ1) is 7.49. The zero-order valence-electron chi connectivity index (χ0n) is 8.91. The average molecular weight is 307 g/mol. The van der Waals surface area contributed by atoms with Crippen LogP contribution in [-0.4, -0.2) is 29.6 Å². The van der Waals surface area contributed by atoms with Gasteiger partial charge in [0.25, 0.3) is 0 Å². The fraction of sp³-hybridized carbons (Fsp3) is 0.364. The summed E-state index contributed by atoms with van der Waals surface area (Å²) in [7, 11) is 1.89. The summed E-state index contributed by atoms with van der Waals surface area (Å²) in [5.41, 5.74) is 1.07. The molecule has 0 spiro atoms. The van der Waals surface area contributed by atoms with E-state index in [-0.39, 0.29) is 6.42 Å². The van der Waals surface area contributed by atoms with Crippen LogP contribution in [0.2, 0.25) is 5.02 Å². The van der Waals surface area contributed by atoms with Gasteiger partial charge in [0.05, 0.1) is 11.4 Å². The second-order valence-electron chi connectivity index (χ2n) is 3.63. The molecule has 0 aliphatic heterocycles. The first kappa shape index (κ1) is 13.5. The van der Waals surface area contributed by atoms with Crippen LogP contribution in [0, 0.1) is 0 Å². The van der Waals surface area contributed by atoms with Crippen molar-refractivity contribution in [3.05, 3.63) is 33.3 Å². The second kappa shape index (κ2) is 6.23. The maximum absolute atomic E-state index is 10.4. The molecule has 0 saturated heterocycles. The Morgan fingerprint density at radius 1 is 1.56 bits per heavy atom. The Morgan fingerprint density at radius 3 is 2.81 bits per heavy atom. The smallest absolute Gasteiger partial charge is 0.304 e. The number of halogens is 2. The normalized spacial score (nSPS) is 10.8. The molecule has 88 valence electrons. The molecule has 0 unspecified atom stereocenters. The quantitative estimate of drug-likeness (QED) is 0.909. The molecular weight excluding hydrogens is 293 g/mol. The monoisotopic (exact) mass is 305 g/mol. The van der Waals surface area contributed by atoms with E-state index in [0.29, 0.717) is 18.1 Å². The van der Waals surface area contributed by atoms with Crippen LogP contribution in [0.5, 0.6) is 0 Å². The summed E-state index contributed by atoms with van der Waals surface area (Å²) in [6.07, 6.45) is 0.154. The summed E-state index contributed by atoms with van der Waals surface area (Å²) in [6, 6.07) is 5.73. The summed E-state index contributed by atoms with van der Waals surface area (Å²) < 4.78 is 0.867. The minimum atomic E-state index is -0.777. The Bertz CT molecular complexity index is 384. The molecule has 3 nitrogen and oxygen atoms in total. The van der Waals surface area contributed by atoms with Gasteiger partial charge < -0.3 is 10.0 Å². The molecule has 0 bridgehead atoms. The zero-order chi connectivity index (χ0) is 12.1. The van der Waals surface area contributed by atoms with Gasteiger partial charge in [0.2, 0.25) is 0 Å². The van der Waals surface area contributed by atoms with Crippen LogP contribution in [-0.2, 0) is 11.3 Å². The van der Waals surface area contributed by atoms with Crippen LogP contribution < -0.4 is 0 Å². The van der Waals surface area contributed by atoms with Gasteiger partial charge in [-0.05, 0) is 40.7 Å². The lowest BCUT2D eigenvalue weighted by Crippen LogP contribution is -2.21. The highest BCUT2D eigenvalue weighted by molar-refractivity contribution is 9.10. The van der Waals surface area contributed by atoms with Crippen molar-refractivity contribution >= 4 is 33.5 Å². The Morgan fingerprint density at radius 2 is 2.25 bits per heavy atom. The summed E-state index contributed by atoms with van der Waals surface area (Å²) in [6.45, 7) is 1.23. The van der Waals surface area contributed by atoms with E-state index in [0.717, 1.165) is 10.0 Å². The fourth-order valence-electron chi connectivity index (χ4n) is 1.32. The van der Waals surface area contributed by atoms with Gasteiger partial charge in [0.15, 0.2) is 0 Å². The predicted molar refractivity (Wildman–Crippen MR) is 67.7 cm³/mol. The number of nitrogens with zero attached hydrogens (tertiary/aromatic N) is 1. The van der Waals surface area contributed by atoms with E-state index in [2.05, 4.69) is 15.9 Å². The number of rotatable bonds is 5. The van der Waals surface area contributed by atoms with Gasteiger partial charge in [-0.25, -0.2) is 0 Å². The van der Waals surface area contributed by atoms with Crippen LogP contribution >= 0.6 is 27.5 Å². The highest BCUT2D eigenvalue weighted by Gasteiger charge is 2.05. The number of aliphatic carboxylic acids is 1. The number of carboxylic acid groups (broad SMARTS) is 1. The van der Waals surface area contributed by atoms with Gasteiger partial charge in [0.1, 0.15) is 0 Å². The summed E-state index contributed by atoms with van der Waals surface area (Å²) in [4.78, 5) is 12.4. The van der Waals surface area contributed by atoms with E-state index in [4.69, 9.17) is 16.7 Å². The Hall–Kier alpha value is -0.580. The van der Waals surface area contributed by atoms with Crippen LogP contribution in [0.1, 0.15) is 12.0 Å². The standard InChI is InChI=1S/C11H13BrClNO2/c1-14(5-4-11(15)16)7-8-2-3-9(12)10(13)6-8/h2-3,6H,4-5,7H2,1H3,(H,15,16). The molecule has 1 rings (SSSR count). The van der Waals surface area contributed by atoms with E-state index < -0.39 is 5.97 Å². The molecule has 0 aromatic heterocycles. The average Bonchev–Trinajstić information content (AvgIpc) is 2.21. The van der Waals surface area contributed by atoms with E-state index in [1.54, 1.807) is 0 Å². The highest BCUT2D eigenvalue weighted by atomic mass is 79.9. The van der Waals surface area contributed by atoms with Crippen molar-refractivity contribution < 1.29 is 9.90 Å². The van der Waals surface area contributed by atoms with Gasteiger partial charge >= 0.3 is 5.97 Å². The summed E-state index contributed by atoms with van der Waals surface area (Å²) >= 11 is 9.29. The molecule has 1 aromatic rings. The maximum atomic E-state index is 10.4. The number of hydrogen-bond acceptors (Lipinski definition) is 2. The van der Waals surface area contributed by atoms with Crippen molar-refractivity contribution in [2.75, 3.05) is 13.6 Å². The molecule has 0 atom stereocenters. The van der Waals surface area contributed by atoms with Crippen LogP contribution in [0.25, 0.3) is 0 Å². The van der Waals surface area contributed by atoms with Crippen molar-refractivity contribution in [2.45, 2.75) is 13.0 Å². The van der Waals surface area contributed by atoms with Crippen molar-refractivity contribution in [3.63, 3.8) is 0 Å². The van der Waals surface area contributed by atoms with Crippen LogP contribution in [0.3, 0.4) is 0 Å². The van der Waals surface area contributed by atoms with Gasteiger partial charge in [-0.3, -0.25) is 4.79 Å². The molecule has 5 heteroatoms. The van der Waals surface area contributed by atoms with Crippen molar-refractivity contribution in [2.24, 2.45) is 0 Å². The number of hydrogen-bond donors (Lipinski definition) is 1. The lowest BCUT2D eigenvalue weighted by atomic mass is 10.2. The molecule has 0 radical (unpaired) electrons. The molecule has 0 aliphatic carbocycles. The van der Waals surface area contributed by atoms with Crippen molar-refractivity contribution in [3.8, 4) is 0 Å².